The van der Waals surface area contributed by atoms with Crippen molar-refractivity contribution in [3.8, 4) is 5.75 Å². The Hall–Kier alpha value is -2.54. The first-order valence-electron chi connectivity index (χ1n) is 9.99. The van der Waals surface area contributed by atoms with Crippen LogP contribution in [-0.2, 0) is 17.4 Å². The summed E-state index contributed by atoms with van der Waals surface area (Å²) in [5.74, 6) is 0.181. The maximum Gasteiger partial charge on any atom is 0.416 e. The lowest BCUT2D eigenvalue weighted by Crippen LogP contribution is -2.50. The average Bonchev–Trinajstić information content (AvgIpc) is 2.64. The molecule has 0 aliphatic carbocycles. The minimum Gasteiger partial charge on any atom is -0.493 e. The molecule has 1 aliphatic rings. The molecule has 0 radical (unpaired) electrons. The molecule has 0 aromatic heterocycles. The van der Waals surface area contributed by atoms with Crippen molar-refractivity contribution < 1.29 is 27.8 Å². The number of hydrogen-bond donors (Lipinski definition) is 1. The third-order valence-electron chi connectivity index (χ3n) is 5.60. The number of carbonyl (C=O) groups is 1. The van der Waals surface area contributed by atoms with Crippen LogP contribution in [0.25, 0.3) is 0 Å². The standard InChI is InChI=1S/C23H26F3NO3/c1-15-6-8-19(23(24,25)26)11-21(15)16(2)27-12-18(13-27)14-30-20-5-3-4-17(10-20)7-9-22(28)29/h3-6,8,10-11,16,18H,7,9,12-14H2,1-2H3,(H,28,29). The number of aryl methyl sites for hydroxylation is 2. The molecule has 1 fully saturated rings. The molecule has 0 bridgehead atoms. The number of carboxylic acid groups (broad SMARTS) is 1. The summed E-state index contributed by atoms with van der Waals surface area (Å²) in [6.45, 7) is 5.81. The second-order valence-electron chi connectivity index (χ2n) is 7.92. The Kier molecular flexibility index (Phi) is 6.71. The van der Waals surface area contributed by atoms with Crippen LogP contribution >= 0.6 is 0 Å². The molecule has 4 nitrogen and oxygen atoms in total. The number of hydrogen-bond acceptors (Lipinski definition) is 3. The minimum absolute atomic E-state index is 0.0773. The smallest absolute Gasteiger partial charge is 0.416 e. The molecule has 162 valence electrons. The van der Waals surface area contributed by atoms with E-state index in [1.807, 2.05) is 38.1 Å². The average molecular weight is 421 g/mol. The lowest BCUT2D eigenvalue weighted by Gasteiger charge is -2.43. The topological polar surface area (TPSA) is 49.8 Å². The van der Waals surface area contributed by atoms with Crippen molar-refractivity contribution in [2.24, 2.45) is 5.92 Å². The van der Waals surface area contributed by atoms with E-state index < -0.39 is 17.7 Å². The Morgan fingerprint density at radius 1 is 1.23 bits per heavy atom. The van der Waals surface area contributed by atoms with Crippen LogP contribution in [0, 0.1) is 12.8 Å². The molecule has 1 N–H and O–H groups in total. The Morgan fingerprint density at radius 2 is 1.97 bits per heavy atom. The van der Waals surface area contributed by atoms with Gasteiger partial charge in [0.15, 0.2) is 0 Å². The first-order chi connectivity index (χ1) is 14.1. The highest BCUT2D eigenvalue weighted by molar-refractivity contribution is 5.67. The number of likely N-dealkylation sites (tertiary alicyclic amines) is 1. The summed E-state index contributed by atoms with van der Waals surface area (Å²) in [5, 5.41) is 8.79. The van der Waals surface area contributed by atoms with E-state index in [1.54, 1.807) is 0 Å². The third-order valence-corrected chi connectivity index (χ3v) is 5.60. The van der Waals surface area contributed by atoms with Gasteiger partial charge in [0.25, 0.3) is 0 Å². The van der Waals surface area contributed by atoms with Gasteiger partial charge in [0, 0.05) is 31.5 Å². The number of benzene rings is 2. The van der Waals surface area contributed by atoms with Crippen molar-refractivity contribution >= 4 is 5.97 Å². The van der Waals surface area contributed by atoms with Crippen molar-refractivity contribution in [3.05, 3.63) is 64.7 Å². The van der Waals surface area contributed by atoms with Crippen LogP contribution in [0.4, 0.5) is 13.2 Å². The normalized spacial score (nSPS) is 16.2. The van der Waals surface area contributed by atoms with Gasteiger partial charge in [-0.25, -0.2) is 0 Å². The van der Waals surface area contributed by atoms with Gasteiger partial charge < -0.3 is 9.84 Å². The van der Waals surface area contributed by atoms with Crippen molar-refractivity contribution in [3.63, 3.8) is 0 Å². The summed E-state index contributed by atoms with van der Waals surface area (Å²) >= 11 is 0. The Labute approximate surface area is 174 Å². The third kappa shape index (κ3) is 5.53. The highest BCUT2D eigenvalue weighted by Crippen LogP contribution is 2.35. The molecule has 2 aromatic carbocycles. The zero-order valence-corrected chi connectivity index (χ0v) is 17.1. The highest BCUT2D eigenvalue weighted by atomic mass is 19.4. The van der Waals surface area contributed by atoms with Crippen molar-refractivity contribution in [1.29, 1.82) is 0 Å². The molecular formula is C23H26F3NO3. The summed E-state index contributed by atoms with van der Waals surface area (Å²) in [5.41, 5.74) is 1.86. The number of nitrogens with zero attached hydrogens (tertiary/aromatic N) is 1. The van der Waals surface area contributed by atoms with Gasteiger partial charge in [-0.15, -0.1) is 0 Å². The molecule has 0 saturated carbocycles. The van der Waals surface area contributed by atoms with Crippen molar-refractivity contribution in [2.75, 3.05) is 19.7 Å². The number of alkyl halides is 3. The van der Waals surface area contributed by atoms with Crippen LogP contribution < -0.4 is 4.74 Å². The molecule has 30 heavy (non-hydrogen) atoms. The van der Waals surface area contributed by atoms with Crippen LogP contribution in [-0.4, -0.2) is 35.7 Å². The van der Waals surface area contributed by atoms with E-state index in [-0.39, 0.29) is 12.5 Å². The maximum absolute atomic E-state index is 13.0. The molecule has 0 spiro atoms. The molecule has 1 unspecified atom stereocenters. The largest absolute Gasteiger partial charge is 0.493 e. The van der Waals surface area contributed by atoms with Gasteiger partial charge in [-0.05, 0) is 61.2 Å². The Bertz CT molecular complexity index is 892. The van der Waals surface area contributed by atoms with Crippen LogP contribution in [0.2, 0.25) is 0 Å². The number of carboxylic acids is 1. The minimum atomic E-state index is -4.34. The monoisotopic (exact) mass is 421 g/mol. The Balaban J connectivity index is 1.52. The van der Waals surface area contributed by atoms with Crippen molar-refractivity contribution in [1.82, 2.24) is 4.90 Å². The zero-order chi connectivity index (χ0) is 21.9. The van der Waals surface area contributed by atoms with Crippen LogP contribution in [0.15, 0.2) is 42.5 Å². The fourth-order valence-corrected chi connectivity index (χ4v) is 3.75. The number of halogens is 3. The van der Waals surface area contributed by atoms with Gasteiger partial charge in [-0.1, -0.05) is 18.2 Å². The fourth-order valence-electron chi connectivity index (χ4n) is 3.75. The molecular weight excluding hydrogens is 395 g/mol. The molecule has 3 rings (SSSR count). The summed E-state index contributed by atoms with van der Waals surface area (Å²) in [4.78, 5) is 12.9. The van der Waals surface area contributed by atoms with E-state index in [9.17, 15) is 18.0 Å². The van der Waals surface area contributed by atoms with Gasteiger partial charge in [-0.3, -0.25) is 9.69 Å². The van der Waals surface area contributed by atoms with Gasteiger partial charge >= 0.3 is 12.1 Å². The first-order valence-corrected chi connectivity index (χ1v) is 9.99. The van der Waals surface area contributed by atoms with Gasteiger partial charge in [0.1, 0.15) is 5.75 Å². The van der Waals surface area contributed by atoms with E-state index in [0.717, 1.165) is 30.3 Å². The zero-order valence-electron chi connectivity index (χ0n) is 17.1. The van der Waals surface area contributed by atoms with E-state index in [2.05, 4.69) is 4.90 Å². The number of rotatable bonds is 8. The molecule has 0 amide bonds. The summed E-state index contributed by atoms with van der Waals surface area (Å²) in [7, 11) is 0. The van der Waals surface area contributed by atoms with Gasteiger partial charge in [0.2, 0.25) is 0 Å². The number of aliphatic carboxylic acids is 1. The van der Waals surface area contributed by atoms with Crippen LogP contribution in [0.1, 0.15) is 41.6 Å². The van der Waals surface area contributed by atoms with E-state index >= 15 is 0 Å². The second kappa shape index (κ2) is 9.08. The lowest BCUT2D eigenvalue weighted by atomic mass is 9.92. The quantitative estimate of drug-likeness (QED) is 0.644. The molecule has 7 heteroatoms. The Morgan fingerprint density at radius 3 is 2.63 bits per heavy atom. The van der Waals surface area contributed by atoms with E-state index in [4.69, 9.17) is 9.84 Å². The van der Waals surface area contributed by atoms with Gasteiger partial charge in [0.05, 0.1) is 12.2 Å². The summed E-state index contributed by atoms with van der Waals surface area (Å²) in [6.07, 6.45) is -3.81. The SMILES string of the molecule is Cc1ccc(C(F)(F)F)cc1C(C)N1CC(COc2cccc(CCC(=O)O)c2)C1. The van der Waals surface area contributed by atoms with Crippen LogP contribution in [0.5, 0.6) is 5.75 Å². The molecule has 1 atom stereocenters. The van der Waals surface area contributed by atoms with Crippen molar-refractivity contribution in [2.45, 2.75) is 38.9 Å². The molecule has 1 aliphatic heterocycles. The van der Waals surface area contributed by atoms with Crippen LogP contribution in [0.3, 0.4) is 0 Å². The predicted molar refractivity (Wildman–Crippen MR) is 108 cm³/mol. The van der Waals surface area contributed by atoms with E-state index in [0.29, 0.717) is 30.3 Å². The number of ether oxygens (including phenoxy) is 1. The summed E-state index contributed by atoms with van der Waals surface area (Å²) < 4.78 is 45.0. The lowest BCUT2D eigenvalue weighted by molar-refractivity contribution is -0.138. The highest BCUT2D eigenvalue weighted by Gasteiger charge is 2.34. The fraction of sp³-hybridized carbons (Fsp3) is 0.435. The maximum atomic E-state index is 13.0. The van der Waals surface area contributed by atoms with E-state index in [1.165, 1.54) is 12.1 Å². The van der Waals surface area contributed by atoms with Gasteiger partial charge in [-0.2, -0.15) is 13.2 Å². The molecule has 2 aromatic rings. The second-order valence-corrected chi connectivity index (χ2v) is 7.92. The summed E-state index contributed by atoms with van der Waals surface area (Å²) in [6, 6.07) is 11.2. The molecule has 1 heterocycles. The predicted octanol–water partition coefficient (Wildman–Crippen LogP) is 5.10. The molecule has 1 saturated heterocycles. The first kappa shape index (κ1) is 22.2.